The van der Waals surface area contributed by atoms with Crippen molar-refractivity contribution in [1.29, 1.82) is 0 Å². The van der Waals surface area contributed by atoms with Crippen molar-refractivity contribution in [3.8, 4) is 11.5 Å². The Morgan fingerprint density at radius 2 is 2.10 bits per heavy atom. The minimum absolute atomic E-state index is 0. The van der Waals surface area contributed by atoms with Crippen LogP contribution in [0.3, 0.4) is 0 Å². The highest BCUT2D eigenvalue weighted by molar-refractivity contribution is 14.0. The summed E-state index contributed by atoms with van der Waals surface area (Å²) in [6.07, 6.45) is 1.71. The van der Waals surface area contributed by atoms with E-state index in [1.165, 1.54) is 19.4 Å². The number of guanidine groups is 1. The van der Waals surface area contributed by atoms with Crippen molar-refractivity contribution in [3.05, 3.63) is 23.8 Å². The van der Waals surface area contributed by atoms with Gasteiger partial charge in [-0.15, -0.1) is 24.0 Å². The summed E-state index contributed by atoms with van der Waals surface area (Å²) in [4.78, 5) is 9.37. The first-order valence-electron chi connectivity index (χ1n) is 10.2. The van der Waals surface area contributed by atoms with Crippen molar-refractivity contribution in [1.82, 2.24) is 15.1 Å². The van der Waals surface area contributed by atoms with Crippen LogP contribution in [-0.4, -0.2) is 80.9 Å². The predicted octanol–water partition coefficient (Wildman–Crippen LogP) is 2.74. The Hall–Kier alpha value is -1.26. The minimum Gasteiger partial charge on any atom is -0.497 e. The van der Waals surface area contributed by atoms with Crippen molar-refractivity contribution in [2.24, 2.45) is 4.99 Å². The molecule has 1 heterocycles. The summed E-state index contributed by atoms with van der Waals surface area (Å²) in [6, 6.07) is 5.98. The molecule has 1 aliphatic rings. The van der Waals surface area contributed by atoms with Crippen molar-refractivity contribution < 1.29 is 14.6 Å². The average molecular weight is 520 g/mol. The van der Waals surface area contributed by atoms with Crippen LogP contribution in [0.4, 0.5) is 0 Å². The molecule has 0 spiro atoms. The predicted molar refractivity (Wildman–Crippen MR) is 129 cm³/mol. The Morgan fingerprint density at radius 3 is 2.72 bits per heavy atom. The van der Waals surface area contributed by atoms with Crippen molar-refractivity contribution >= 4 is 29.9 Å². The molecular formula is C21H37IN4O3. The number of methoxy groups -OCH3 is 2. The van der Waals surface area contributed by atoms with Gasteiger partial charge in [-0.2, -0.15) is 0 Å². The molecule has 0 bridgehead atoms. The number of ether oxygens (including phenoxy) is 2. The number of rotatable bonds is 9. The van der Waals surface area contributed by atoms with Crippen molar-refractivity contribution in [2.45, 2.75) is 38.8 Å². The van der Waals surface area contributed by atoms with Gasteiger partial charge in [0.25, 0.3) is 0 Å². The van der Waals surface area contributed by atoms with Crippen LogP contribution < -0.4 is 14.8 Å². The van der Waals surface area contributed by atoms with E-state index in [-0.39, 0.29) is 30.5 Å². The number of aliphatic hydroxyl groups excluding tert-OH is 1. The number of likely N-dealkylation sites (tertiary alicyclic amines) is 1. The summed E-state index contributed by atoms with van der Waals surface area (Å²) in [7, 11) is 5.27. The lowest BCUT2D eigenvalue weighted by atomic mass is 10.1. The Kier molecular flexibility index (Phi) is 11.7. The highest BCUT2D eigenvalue weighted by Gasteiger charge is 2.25. The maximum absolute atomic E-state index is 10.7. The number of benzene rings is 1. The second-order valence-corrected chi connectivity index (χ2v) is 7.12. The fourth-order valence-electron chi connectivity index (χ4n) is 3.76. The normalized spacial score (nSPS) is 18.1. The number of hydrogen-bond donors (Lipinski definition) is 2. The molecule has 1 aromatic carbocycles. The van der Waals surface area contributed by atoms with Crippen molar-refractivity contribution in [3.63, 3.8) is 0 Å². The highest BCUT2D eigenvalue weighted by Crippen LogP contribution is 2.29. The maximum Gasteiger partial charge on any atom is 0.193 e. The number of aliphatic imine (C=N–C) groups is 1. The SMILES string of the molecule is CCNC(=NCC(O)c1cc(OC)ccc1OC)N(C)CC1CCCN1CC.I. The zero-order valence-corrected chi connectivity index (χ0v) is 20.7. The quantitative estimate of drug-likeness (QED) is 0.297. The zero-order chi connectivity index (χ0) is 20.5. The number of nitrogens with one attached hydrogen (secondary N) is 1. The second-order valence-electron chi connectivity index (χ2n) is 7.12. The van der Waals surface area contributed by atoms with Crippen LogP contribution in [0.15, 0.2) is 23.2 Å². The van der Waals surface area contributed by atoms with E-state index in [1.807, 2.05) is 6.07 Å². The van der Waals surface area contributed by atoms with Gasteiger partial charge in [0, 0.05) is 31.7 Å². The van der Waals surface area contributed by atoms with Crippen LogP contribution in [0.25, 0.3) is 0 Å². The van der Waals surface area contributed by atoms with Crippen molar-refractivity contribution in [2.75, 3.05) is 54.0 Å². The molecule has 2 atom stereocenters. The van der Waals surface area contributed by atoms with E-state index in [2.05, 4.69) is 41.0 Å². The third-order valence-corrected chi connectivity index (χ3v) is 5.30. The Morgan fingerprint density at radius 1 is 1.34 bits per heavy atom. The molecule has 1 aromatic rings. The van der Waals surface area contributed by atoms with E-state index in [4.69, 9.17) is 9.47 Å². The number of aliphatic hydroxyl groups is 1. The first kappa shape index (κ1) is 25.8. The molecule has 1 saturated heterocycles. The van der Waals surface area contributed by atoms with E-state index >= 15 is 0 Å². The standard InChI is InChI=1S/C21H36N4O3.HI/c1-6-22-21(24(3)15-16-9-8-12-25(16)7-2)23-14-19(26)18-13-17(27-4)10-11-20(18)28-5;/h10-11,13,16,19,26H,6-9,12,14-15H2,1-5H3,(H,22,23);1H. The Labute approximate surface area is 192 Å². The topological polar surface area (TPSA) is 69.6 Å². The van der Waals surface area contributed by atoms with Gasteiger partial charge in [-0.3, -0.25) is 9.89 Å². The number of nitrogens with zero attached hydrogens (tertiary/aromatic N) is 3. The first-order valence-corrected chi connectivity index (χ1v) is 10.2. The fraction of sp³-hybridized carbons (Fsp3) is 0.667. The molecule has 0 aromatic heterocycles. The van der Waals surface area contributed by atoms with Gasteiger partial charge in [-0.05, 0) is 51.1 Å². The van der Waals surface area contributed by atoms with Gasteiger partial charge in [0.1, 0.15) is 17.6 Å². The monoisotopic (exact) mass is 520 g/mol. The number of halogens is 1. The molecule has 29 heavy (non-hydrogen) atoms. The van der Waals surface area contributed by atoms with Crippen LogP contribution in [0.1, 0.15) is 38.4 Å². The molecule has 1 fully saturated rings. The summed E-state index contributed by atoms with van der Waals surface area (Å²) in [6.45, 7) is 8.49. The third kappa shape index (κ3) is 7.18. The highest BCUT2D eigenvalue weighted by atomic mass is 127. The van der Waals surface area contributed by atoms with Gasteiger partial charge in [0.05, 0.1) is 20.8 Å². The Bertz CT molecular complexity index is 644. The van der Waals surface area contributed by atoms with E-state index in [0.717, 1.165) is 25.6 Å². The van der Waals surface area contributed by atoms with E-state index in [1.54, 1.807) is 26.4 Å². The van der Waals surface area contributed by atoms with Crippen LogP contribution in [0.5, 0.6) is 11.5 Å². The van der Waals surface area contributed by atoms with E-state index in [0.29, 0.717) is 23.1 Å². The summed E-state index contributed by atoms with van der Waals surface area (Å²) in [5.74, 6) is 2.13. The molecule has 1 aliphatic heterocycles. The molecule has 0 aliphatic carbocycles. The van der Waals surface area contributed by atoms with Gasteiger partial charge >= 0.3 is 0 Å². The fourth-order valence-corrected chi connectivity index (χ4v) is 3.76. The number of likely N-dealkylation sites (N-methyl/N-ethyl adjacent to an activating group) is 2. The largest absolute Gasteiger partial charge is 0.497 e. The first-order chi connectivity index (χ1) is 13.5. The minimum atomic E-state index is -0.772. The smallest absolute Gasteiger partial charge is 0.193 e. The van der Waals surface area contributed by atoms with Gasteiger partial charge in [-0.25, -0.2) is 0 Å². The summed E-state index contributed by atoms with van der Waals surface area (Å²) in [5.41, 5.74) is 0.678. The maximum atomic E-state index is 10.7. The molecular weight excluding hydrogens is 483 g/mol. The summed E-state index contributed by atoms with van der Waals surface area (Å²) >= 11 is 0. The third-order valence-electron chi connectivity index (χ3n) is 5.30. The molecule has 0 radical (unpaired) electrons. The van der Waals surface area contributed by atoms with E-state index < -0.39 is 6.10 Å². The summed E-state index contributed by atoms with van der Waals surface area (Å²) < 4.78 is 10.7. The van der Waals surface area contributed by atoms with Gasteiger partial charge in [0.2, 0.25) is 0 Å². The Balaban J connectivity index is 0.00000420. The lowest BCUT2D eigenvalue weighted by molar-refractivity contribution is 0.181. The lowest BCUT2D eigenvalue weighted by Gasteiger charge is -2.30. The molecule has 2 unspecified atom stereocenters. The molecule has 2 N–H and O–H groups in total. The lowest BCUT2D eigenvalue weighted by Crippen LogP contribution is -2.46. The second kappa shape index (κ2) is 13.1. The van der Waals surface area contributed by atoms with Gasteiger partial charge in [0.15, 0.2) is 5.96 Å². The van der Waals surface area contributed by atoms with E-state index in [9.17, 15) is 5.11 Å². The molecule has 0 saturated carbocycles. The van der Waals surface area contributed by atoms with Gasteiger partial charge in [-0.1, -0.05) is 6.92 Å². The molecule has 0 amide bonds. The van der Waals surface area contributed by atoms with Crippen LogP contribution >= 0.6 is 24.0 Å². The van der Waals surface area contributed by atoms with Crippen LogP contribution in [0, 0.1) is 0 Å². The summed E-state index contributed by atoms with van der Waals surface area (Å²) in [5, 5.41) is 14.1. The molecule has 7 nitrogen and oxygen atoms in total. The van der Waals surface area contributed by atoms with Crippen LogP contribution in [-0.2, 0) is 0 Å². The zero-order valence-electron chi connectivity index (χ0n) is 18.4. The molecule has 8 heteroatoms. The van der Waals surface area contributed by atoms with Gasteiger partial charge < -0.3 is 24.8 Å². The molecule has 166 valence electrons. The average Bonchev–Trinajstić information content (AvgIpc) is 3.17. The number of hydrogen-bond acceptors (Lipinski definition) is 5. The van der Waals surface area contributed by atoms with Crippen LogP contribution in [0.2, 0.25) is 0 Å². The molecule has 2 rings (SSSR count).